The predicted octanol–water partition coefficient (Wildman–Crippen LogP) is 4.67. The van der Waals surface area contributed by atoms with Crippen LogP contribution >= 0.6 is 23.2 Å². The number of aryl methyl sites for hydroxylation is 1. The molecule has 0 bridgehead atoms. The topological polar surface area (TPSA) is 36.7 Å². The van der Waals surface area contributed by atoms with Gasteiger partial charge in [-0.25, -0.2) is 0 Å². The van der Waals surface area contributed by atoms with Crippen LogP contribution in [0.2, 0.25) is 5.02 Å². The van der Waals surface area contributed by atoms with Crippen molar-refractivity contribution in [1.82, 2.24) is 4.98 Å². The van der Waals surface area contributed by atoms with Crippen molar-refractivity contribution in [2.75, 3.05) is 0 Å². The van der Waals surface area contributed by atoms with Gasteiger partial charge < -0.3 is 0 Å². The number of aromatic nitrogens is 1. The zero-order valence-electron chi connectivity index (χ0n) is 10.2. The molecule has 0 saturated carbocycles. The Morgan fingerprint density at radius 2 is 2.11 bits per heavy atom. The Hall–Kier alpha value is -1.82. The lowest BCUT2D eigenvalue weighted by molar-refractivity contribution is 1.31. The minimum Gasteiger partial charge on any atom is -0.264 e. The van der Waals surface area contributed by atoms with Gasteiger partial charge in [-0.05, 0) is 36.2 Å². The summed E-state index contributed by atoms with van der Waals surface area (Å²) in [6, 6.07) is 11.1. The molecule has 94 valence electrons. The Balaban J connectivity index is 2.62. The first-order valence-electron chi connectivity index (χ1n) is 5.60. The Labute approximate surface area is 121 Å². The van der Waals surface area contributed by atoms with E-state index in [1.165, 1.54) is 0 Å². The summed E-state index contributed by atoms with van der Waals surface area (Å²) < 4.78 is 0. The highest BCUT2D eigenvalue weighted by Gasteiger charge is 2.12. The highest BCUT2D eigenvalue weighted by molar-refractivity contribution is 6.53. The average Bonchev–Trinajstić information content (AvgIpc) is 2.43. The molecule has 0 amide bonds. The standard InChI is InChI=1S/C15H10Cl2N2/c1-10-4-5-12(16)7-13(10)15(17)14(8-18)11-3-2-6-19-9-11/h2-7,9H,1H3/b15-14+. The fourth-order valence-corrected chi connectivity index (χ4v) is 2.24. The molecule has 1 aromatic heterocycles. The van der Waals surface area contributed by atoms with E-state index >= 15 is 0 Å². The van der Waals surface area contributed by atoms with Crippen LogP contribution in [0.25, 0.3) is 10.6 Å². The lowest BCUT2D eigenvalue weighted by Crippen LogP contribution is -1.90. The van der Waals surface area contributed by atoms with Crippen molar-refractivity contribution in [3.8, 4) is 6.07 Å². The van der Waals surface area contributed by atoms with E-state index in [1.807, 2.05) is 13.0 Å². The van der Waals surface area contributed by atoms with Gasteiger partial charge in [-0.1, -0.05) is 35.3 Å². The first-order chi connectivity index (χ1) is 9.13. The molecule has 2 rings (SSSR count). The minimum absolute atomic E-state index is 0.385. The van der Waals surface area contributed by atoms with Crippen molar-refractivity contribution >= 4 is 33.8 Å². The van der Waals surface area contributed by atoms with E-state index in [4.69, 9.17) is 23.2 Å². The van der Waals surface area contributed by atoms with Crippen molar-refractivity contribution in [1.29, 1.82) is 5.26 Å². The van der Waals surface area contributed by atoms with Crippen molar-refractivity contribution in [3.05, 3.63) is 64.4 Å². The smallest absolute Gasteiger partial charge is 0.101 e. The van der Waals surface area contributed by atoms with Gasteiger partial charge in [0, 0.05) is 23.0 Å². The summed E-state index contributed by atoms with van der Waals surface area (Å²) in [5.74, 6) is 0. The maximum absolute atomic E-state index is 9.32. The lowest BCUT2D eigenvalue weighted by atomic mass is 10.0. The Morgan fingerprint density at radius 3 is 2.74 bits per heavy atom. The van der Waals surface area contributed by atoms with Crippen LogP contribution in [0.5, 0.6) is 0 Å². The van der Waals surface area contributed by atoms with Gasteiger partial charge in [-0.15, -0.1) is 0 Å². The van der Waals surface area contributed by atoms with Crippen molar-refractivity contribution in [2.24, 2.45) is 0 Å². The number of allylic oxidation sites excluding steroid dienone is 1. The third-order valence-corrected chi connectivity index (χ3v) is 3.35. The van der Waals surface area contributed by atoms with Crippen LogP contribution in [0.1, 0.15) is 16.7 Å². The molecule has 0 aliphatic carbocycles. The van der Waals surface area contributed by atoms with Gasteiger partial charge in [0.1, 0.15) is 6.07 Å². The molecule has 1 heterocycles. The molecule has 19 heavy (non-hydrogen) atoms. The van der Waals surface area contributed by atoms with Gasteiger partial charge in [0.05, 0.1) is 10.6 Å². The van der Waals surface area contributed by atoms with Crippen LogP contribution in [-0.2, 0) is 0 Å². The van der Waals surface area contributed by atoms with E-state index in [0.717, 1.165) is 11.1 Å². The number of pyridine rings is 1. The maximum atomic E-state index is 9.32. The maximum Gasteiger partial charge on any atom is 0.101 e. The number of nitrogens with zero attached hydrogens (tertiary/aromatic N) is 2. The molecular formula is C15H10Cl2N2. The van der Waals surface area contributed by atoms with E-state index < -0.39 is 0 Å². The lowest BCUT2D eigenvalue weighted by Gasteiger charge is -2.08. The molecule has 0 fully saturated rings. The summed E-state index contributed by atoms with van der Waals surface area (Å²) in [6.07, 6.45) is 3.26. The molecule has 0 aliphatic heterocycles. The second-order valence-electron chi connectivity index (χ2n) is 4.00. The largest absolute Gasteiger partial charge is 0.264 e. The number of halogens is 2. The van der Waals surface area contributed by atoms with E-state index in [-0.39, 0.29) is 0 Å². The van der Waals surface area contributed by atoms with Crippen molar-refractivity contribution in [3.63, 3.8) is 0 Å². The zero-order valence-corrected chi connectivity index (χ0v) is 11.7. The van der Waals surface area contributed by atoms with Crippen LogP contribution < -0.4 is 0 Å². The Morgan fingerprint density at radius 1 is 1.32 bits per heavy atom. The third-order valence-electron chi connectivity index (χ3n) is 2.72. The molecule has 0 spiro atoms. The quantitative estimate of drug-likeness (QED) is 0.753. The molecule has 2 aromatic rings. The average molecular weight is 289 g/mol. The molecule has 2 nitrogen and oxygen atoms in total. The molecule has 0 radical (unpaired) electrons. The highest BCUT2D eigenvalue weighted by atomic mass is 35.5. The normalized spacial score (nSPS) is 11.7. The SMILES string of the molecule is Cc1ccc(Cl)cc1/C(Cl)=C(/C#N)c1cccnc1. The zero-order chi connectivity index (χ0) is 13.8. The van der Waals surface area contributed by atoms with Gasteiger partial charge in [0.15, 0.2) is 0 Å². The van der Waals surface area contributed by atoms with Gasteiger partial charge >= 0.3 is 0 Å². The summed E-state index contributed by atoms with van der Waals surface area (Å²) in [6.45, 7) is 1.92. The van der Waals surface area contributed by atoms with Crippen LogP contribution in [0.3, 0.4) is 0 Å². The number of hydrogen-bond acceptors (Lipinski definition) is 2. The van der Waals surface area contributed by atoms with Gasteiger partial charge in [0.25, 0.3) is 0 Å². The van der Waals surface area contributed by atoms with Crippen LogP contribution in [0, 0.1) is 18.3 Å². The molecule has 0 saturated heterocycles. The van der Waals surface area contributed by atoms with Crippen LogP contribution in [0.15, 0.2) is 42.7 Å². The molecule has 0 atom stereocenters. The van der Waals surface area contributed by atoms with Crippen LogP contribution in [0.4, 0.5) is 0 Å². The second-order valence-corrected chi connectivity index (χ2v) is 4.82. The summed E-state index contributed by atoms with van der Waals surface area (Å²) in [5, 5.41) is 10.3. The summed E-state index contributed by atoms with van der Waals surface area (Å²) >= 11 is 12.3. The van der Waals surface area contributed by atoms with E-state index in [2.05, 4.69) is 11.1 Å². The monoisotopic (exact) mass is 288 g/mol. The fraction of sp³-hybridized carbons (Fsp3) is 0.0667. The van der Waals surface area contributed by atoms with E-state index in [0.29, 0.717) is 21.2 Å². The summed E-state index contributed by atoms with van der Waals surface area (Å²) in [4.78, 5) is 4.00. The summed E-state index contributed by atoms with van der Waals surface area (Å²) in [7, 11) is 0. The molecule has 0 aliphatic rings. The third kappa shape index (κ3) is 2.96. The van der Waals surface area contributed by atoms with Crippen molar-refractivity contribution in [2.45, 2.75) is 6.92 Å². The predicted molar refractivity (Wildman–Crippen MR) is 78.7 cm³/mol. The Bertz CT molecular complexity index is 670. The van der Waals surface area contributed by atoms with Gasteiger partial charge in [0.2, 0.25) is 0 Å². The molecule has 0 N–H and O–H groups in total. The number of benzene rings is 1. The highest BCUT2D eigenvalue weighted by Crippen LogP contribution is 2.32. The number of hydrogen-bond donors (Lipinski definition) is 0. The van der Waals surface area contributed by atoms with Gasteiger partial charge in [-0.3, -0.25) is 4.98 Å². The summed E-state index contributed by atoms with van der Waals surface area (Å²) in [5.41, 5.74) is 2.80. The Kier molecular flexibility index (Phi) is 4.21. The molecule has 4 heteroatoms. The van der Waals surface area contributed by atoms with E-state index in [1.54, 1.807) is 36.7 Å². The number of rotatable bonds is 2. The van der Waals surface area contributed by atoms with Gasteiger partial charge in [-0.2, -0.15) is 5.26 Å². The number of nitriles is 1. The molecular weight excluding hydrogens is 279 g/mol. The van der Waals surface area contributed by atoms with Crippen molar-refractivity contribution < 1.29 is 0 Å². The van der Waals surface area contributed by atoms with E-state index in [9.17, 15) is 5.26 Å². The molecule has 0 unspecified atom stereocenters. The molecule has 1 aromatic carbocycles. The van der Waals surface area contributed by atoms with Crippen LogP contribution in [-0.4, -0.2) is 4.98 Å². The first-order valence-corrected chi connectivity index (χ1v) is 6.36. The fourth-order valence-electron chi connectivity index (χ4n) is 1.72. The minimum atomic E-state index is 0.385. The first kappa shape index (κ1) is 13.6. The second kappa shape index (κ2) is 5.88.